The number of rotatable bonds is 6. The topological polar surface area (TPSA) is 79.4 Å². The van der Waals surface area contributed by atoms with Crippen LogP contribution >= 0.6 is 0 Å². The van der Waals surface area contributed by atoms with Crippen molar-refractivity contribution in [3.8, 4) is 0 Å². The monoisotopic (exact) mass is 355 g/mol. The lowest BCUT2D eigenvalue weighted by Gasteiger charge is -2.26. The van der Waals surface area contributed by atoms with E-state index in [4.69, 9.17) is 4.74 Å². The molecule has 0 bridgehead atoms. The average Bonchev–Trinajstić information content (AvgIpc) is 2.62. The fraction of sp³-hybridized carbons (Fsp3) is 0.421. The van der Waals surface area contributed by atoms with Gasteiger partial charge in [-0.05, 0) is 31.5 Å². The SMILES string of the molecule is Cc1cccc(Nc2cc(C(=O)NCCN3CCOCC3)nc(C)n2)c1. The van der Waals surface area contributed by atoms with E-state index in [2.05, 4.69) is 25.5 Å². The maximum Gasteiger partial charge on any atom is 0.270 e. The fourth-order valence-electron chi connectivity index (χ4n) is 2.86. The van der Waals surface area contributed by atoms with Gasteiger partial charge in [-0.1, -0.05) is 12.1 Å². The molecule has 1 aliphatic heterocycles. The van der Waals surface area contributed by atoms with E-state index in [0.717, 1.165) is 44.1 Å². The van der Waals surface area contributed by atoms with Crippen LogP contribution in [0.15, 0.2) is 30.3 Å². The van der Waals surface area contributed by atoms with Gasteiger partial charge in [0.15, 0.2) is 0 Å². The maximum absolute atomic E-state index is 12.4. The number of carbonyl (C=O) groups excluding carboxylic acids is 1. The standard InChI is InChI=1S/C19H25N5O2/c1-14-4-3-5-16(12-14)23-18-13-17(21-15(2)22-18)19(25)20-6-7-24-8-10-26-11-9-24/h3-5,12-13H,6-11H2,1-2H3,(H,20,25)(H,21,22,23). The van der Waals surface area contributed by atoms with E-state index in [1.807, 2.05) is 31.2 Å². The predicted molar refractivity (Wildman–Crippen MR) is 101 cm³/mol. The normalized spacial score (nSPS) is 14.8. The van der Waals surface area contributed by atoms with E-state index in [0.29, 0.717) is 23.9 Å². The largest absolute Gasteiger partial charge is 0.379 e. The van der Waals surface area contributed by atoms with Crippen molar-refractivity contribution in [2.75, 3.05) is 44.7 Å². The molecule has 1 saturated heterocycles. The van der Waals surface area contributed by atoms with Gasteiger partial charge in [-0.3, -0.25) is 9.69 Å². The van der Waals surface area contributed by atoms with Crippen molar-refractivity contribution in [2.45, 2.75) is 13.8 Å². The summed E-state index contributed by atoms with van der Waals surface area (Å²) in [4.78, 5) is 23.3. The molecule has 138 valence electrons. The van der Waals surface area contributed by atoms with Gasteiger partial charge >= 0.3 is 0 Å². The minimum atomic E-state index is -0.184. The lowest BCUT2D eigenvalue weighted by Crippen LogP contribution is -2.41. The van der Waals surface area contributed by atoms with Crippen molar-refractivity contribution in [1.82, 2.24) is 20.2 Å². The Morgan fingerprint density at radius 3 is 2.77 bits per heavy atom. The molecular weight excluding hydrogens is 330 g/mol. The summed E-state index contributed by atoms with van der Waals surface area (Å²) in [5.74, 6) is 0.985. The smallest absolute Gasteiger partial charge is 0.270 e. The molecule has 1 aromatic heterocycles. The number of nitrogens with zero attached hydrogens (tertiary/aromatic N) is 3. The van der Waals surface area contributed by atoms with Gasteiger partial charge in [-0.25, -0.2) is 9.97 Å². The number of ether oxygens (including phenoxy) is 1. The third-order valence-corrected chi connectivity index (χ3v) is 4.18. The molecule has 1 aliphatic rings. The van der Waals surface area contributed by atoms with Crippen molar-refractivity contribution in [3.05, 3.63) is 47.4 Å². The highest BCUT2D eigenvalue weighted by molar-refractivity contribution is 5.93. The summed E-state index contributed by atoms with van der Waals surface area (Å²) in [5, 5.41) is 6.17. The molecule has 2 heterocycles. The minimum absolute atomic E-state index is 0.184. The quantitative estimate of drug-likeness (QED) is 0.824. The molecule has 1 fully saturated rings. The highest BCUT2D eigenvalue weighted by atomic mass is 16.5. The van der Waals surface area contributed by atoms with Gasteiger partial charge in [-0.15, -0.1) is 0 Å². The second kappa shape index (κ2) is 8.73. The third kappa shape index (κ3) is 5.24. The van der Waals surface area contributed by atoms with E-state index in [1.165, 1.54) is 0 Å². The summed E-state index contributed by atoms with van der Waals surface area (Å²) in [6.45, 7) is 8.55. The van der Waals surface area contributed by atoms with Gasteiger partial charge < -0.3 is 15.4 Å². The van der Waals surface area contributed by atoms with Crippen LogP contribution in [0, 0.1) is 13.8 Å². The molecule has 7 heteroatoms. The number of amides is 1. The Hall–Kier alpha value is -2.51. The predicted octanol–water partition coefficient (Wildman–Crippen LogP) is 1.90. The Bertz CT molecular complexity index is 759. The fourth-order valence-corrected chi connectivity index (χ4v) is 2.86. The van der Waals surface area contributed by atoms with Gasteiger partial charge in [0.2, 0.25) is 0 Å². The molecule has 1 aromatic carbocycles. The molecule has 3 rings (SSSR count). The lowest BCUT2D eigenvalue weighted by atomic mass is 10.2. The highest BCUT2D eigenvalue weighted by Gasteiger charge is 2.13. The molecule has 0 radical (unpaired) electrons. The van der Waals surface area contributed by atoms with Crippen LogP contribution in [0.25, 0.3) is 0 Å². The number of nitrogens with one attached hydrogen (secondary N) is 2. The summed E-state index contributed by atoms with van der Waals surface area (Å²) in [5.41, 5.74) is 2.46. The van der Waals surface area contributed by atoms with E-state index in [9.17, 15) is 4.79 Å². The molecule has 2 N–H and O–H groups in total. The molecule has 0 aliphatic carbocycles. The molecule has 26 heavy (non-hydrogen) atoms. The first-order valence-corrected chi connectivity index (χ1v) is 8.88. The van der Waals surface area contributed by atoms with Gasteiger partial charge in [0.1, 0.15) is 17.3 Å². The molecule has 2 aromatic rings. The number of hydrogen-bond acceptors (Lipinski definition) is 6. The first-order chi connectivity index (χ1) is 12.6. The molecule has 0 unspecified atom stereocenters. The summed E-state index contributed by atoms with van der Waals surface area (Å²) in [7, 11) is 0. The van der Waals surface area contributed by atoms with E-state index in [1.54, 1.807) is 13.0 Å². The number of carbonyl (C=O) groups is 1. The van der Waals surface area contributed by atoms with E-state index >= 15 is 0 Å². The lowest BCUT2D eigenvalue weighted by molar-refractivity contribution is 0.0383. The third-order valence-electron chi connectivity index (χ3n) is 4.18. The number of aromatic nitrogens is 2. The first-order valence-electron chi connectivity index (χ1n) is 8.88. The molecule has 1 amide bonds. The van der Waals surface area contributed by atoms with Gasteiger partial charge in [0.25, 0.3) is 5.91 Å². The number of anilines is 2. The highest BCUT2D eigenvalue weighted by Crippen LogP contribution is 2.16. The Kier molecular flexibility index (Phi) is 6.14. The van der Waals surface area contributed by atoms with Crippen molar-refractivity contribution < 1.29 is 9.53 Å². The van der Waals surface area contributed by atoms with E-state index < -0.39 is 0 Å². The Balaban J connectivity index is 1.60. The molecule has 0 atom stereocenters. The first kappa shape index (κ1) is 18.3. The van der Waals surface area contributed by atoms with Crippen LogP contribution in [0.3, 0.4) is 0 Å². The summed E-state index contributed by atoms with van der Waals surface area (Å²) in [6, 6.07) is 9.68. The zero-order chi connectivity index (χ0) is 18.4. The van der Waals surface area contributed by atoms with Crippen LogP contribution in [0.2, 0.25) is 0 Å². The summed E-state index contributed by atoms with van der Waals surface area (Å²) in [6.07, 6.45) is 0. The molecule has 0 saturated carbocycles. The van der Waals surface area contributed by atoms with Gasteiger partial charge in [-0.2, -0.15) is 0 Å². The van der Waals surface area contributed by atoms with Crippen molar-refractivity contribution in [2.24, 2.45) is 0 Å². The number of benzene rings is 1. The van der Waals surface area contributed by atoms with Gasteiger partial charge in [0.05, 0.1) is 13.2 Å². The molecule has 7 nitrogen and oxygen atoms in total. The summed E-state index contributed by atoms with van der Waals surface area (Å²) < 4.78 is 5.33. The summed E-state index contributed by atoms with van der Waals surface area (Å²) >= 11 is 0. The second-order valence-electron chi connectivity index (χ2n) is 6.39. The number of aryl methyl sites for hydroxylation is 2. The van der Waals surface area contributed by atoms with Crippen LogP contribution in [-0.2, 0) is 4.74 Å². The number of morpholine rings is 1. The van der Waals surface area contributed by atoms with Crippen LogP contribution < -0.4 is 10.6 Å². The average molecular weight is 355 g/mol. The molecular formula is C19H25N5O2. The van der Waals surface area contributed by atoms with Crippen LogP contribution in [0.5, 0.6) is 0 Å². The van der Waals surface area contributed by atoms with Crippen LogP contribution in [-0.4, -0.2) is 60.2 Å². The van der Waals surface area contributed by atoms with Crippen molar-refractivity contribution >= 4 is 17.4 Å². The second-order valence-corrected chi connectivity index (χ2v) is 6.39. The van der Waals surface area contributed by atoms with Crippen LogP contribution in [0.4, 0.5) is 11.5 Å². The zero-order valence-corrected chi connectivity index (χ0v) is 15.3. The Morgan fingerprint density at radius 2 is 2.00 bits per heavy atom. The van der Waals surface area contributed by atoms with Crippen molar-refractivity contribution in [1.29, 1.82) is 0 Å². The Labute approximate surface area is 153 Å². The van der Waals surface area contributed by atoms with E-state index in [-0.39, 0.29) is 5.91 Å². The minimum Gasteiger partial charge on any atom is -0.379 e. The Morgan fingerprint density at radius 1 is 1.19 bits per heavy atom. The maximum atomic E-state index is 12.4. The van der Waals surface area contributed by atoms with Crippen LogP contribution in [0.1, 0.15) is 21.9 Å². The number of hydrogen-bond donors (Lipinski definition) is 2. The zero-order valence-electron chi connectivity index (χ0n) is 15.3. The molecule has 0 spiro atoms. The van der Waals surface area contributed by atoms with Crippen molar-refractivity contribution in [3.63, 3.8) is 0 Å². The van der Waals surface area contributed by atoms with Gasteiger partial charge in [0, 0.05) is 37.9 Å².